The van der Waals surface area contributed by atoms with Crippen molar-refractivity contribution in [3.63, 3.8) is 0 Å². The van der Waals surface area contributed by atoms with Gasteiger partial charge in [-0.3, -0.25) is 0 Å². The largest absolute Gasteiger partial charge is 0.385 e. The summed E-state index contributed by atoms with van der Waals surface area (Å²) in [7, 11) is 1.67. The Morgan fingerprint density at radius 2 is 1.86 bits per heavy atom. The molecule has 0 aromatic heterocycles. The molecular formula is C28H38FN3O3. The number of unbranched alkanes of at least 4 members (excludes halogenated alkanes) is 1. The number of nitrogens with two attached hydrogens (primary N) is 1. The number of carbonyl (C=O) groups is 1. The van der Waals surface area contributed by atoms with E-state index in [9.17, 15) is 9.90 Å². The van der Waals surface area contributed by atoms with Crippen LogP contribution >= 0.6 is 0 Å². The van der Waals surface area contributed by atoms with Gasteiger partial charge in [0.05, 0.1) is 5.60 Å². The number of halogens is 1. The summed E-state index contributed by atoms with van der Waals surface area (Å²) in [5.74, 6) is -0.554. The van der Waals surface area contributed by atoms with Crippen LogP contribution in [0.1, 0.15) is 44.1 Å². The normalized spacial score (nSPS) is 22.3. The van der Waals surface area contributed by atoms with Gasteiger partial charge < -0.3 is 25.4 Å². The Kier molecular flexibility index (Phi) is 8.42. The van der Waals surface area contributed by atoms with Gasteiger partial charge in [0.15, 0.2) is 0 Å². The first-order valence-electron chi connectivity index (χ1n) is 12.8. The highest BCUT2D eigenvalue weighted by Crippen LogP contribution is 2.44. The maximum atomic E-state index is 15.3. The predicted molar refractivity (Wildman–Crippen MR) is 135 cm³/mol. The fraction of sp³-hybridized carbons (Fsp3) is 0.536. The van der Waals surface area contributed by atoms with Crippen molar-refractivity contribution in [1.29, 1.82) is 0 Å². The lowest BCUT2D eigenvalue weighted by Crippen LogP contribution is -2.52. The van der Waals surface area contributed by atoms with Crippen LogP contribution in [0.3, 0.4) is 0 Å². The molecule has 6 nitrogen and oxygen atoms in total. The lowest BCUT2D eigenvalue weighted by atomic mass is 9.72. The molecule has 2 aromatic carbocycles. The third kappa shape index (κ3) is 5.68. The zero-order valence-corrected chi connectivity index (χ0v) is 20.7. The summed E-state index contributed by atoms with van der Waals surface area (Å²) in [5, 5.41) is 12.4. The van der Waals surface area contributed by atoms with Crippen molar-refractivity contribution in [2.24, 2.45) is 11.7 Å². The van der Waals surface area contributed by atoms with Gasteiger partial charge in [0.2, 0.25) is 0 Å². The van der Waals surface area contributed by atoms with Gasteiger partial charge in [-0.05, 0) is 55.7 Å². The van der Waals surface area contributed by atoms with Crippen LogP contribution < -0.4 is 5.73 Å². The molecule has 0 radical (unpaired) electrons. The fourth-order valence-electron chi connectivity index (χ4n) is 5.68. The number of piperidine rings is 1. The number of urea groups is 1. The second-order valence-electron chi connectivity index (χ2n) is 9.97. The number of hydrogen-bond acceptors (Lipinski definition) is 4. The number of rotatable bonds is 8. The van der Waals surface area contributed by atoms with Gasteiger partial charge in [-0.15, -0.1) is 0 Å². The topological polar surface area (TPSA) is 79.0 Å². The van der Waals surface area contributed by atoms with Crippen molar-refractivity contribution in [2.45, 2.75) is 50.2 Å². The number of nitrogens with zero attached hydrogens (tertiary/aromatic N) is 2. The molecule has 3 atom stereocenters. The number of amides is 2. The van der Waals surface area contributed by atoms with E-state index in [1.54, 1.807) is 13.2 Å². The SMILES string of the molecule is COCCCCC(O)(c1cccc(F)c1-c1ccccc1)C1CCCN(C(=O)N2CCC(N)C2)C1. The maximum Gasteiger partial charge on any atom is 0.320 e. The molecule has 0 aliphatic carbocycles. The average Bonchev–Trinajstić information content (AvgIpc) is 3.32. The van der Waals surface area contributed by atoms with Crippen molar-refractivity contribution in [1.82, 2.24) is 9.80 Å². The summed E-state index contributed by atoms with van der Waals surface area (Å²) in [6, 6.07) is 14.4. The smallest absolute Gasteiger partial charge is 0.320 e. The van der Waals surface area contributed by atoms with Crippen molar-refractivity contribution < 1.29 is 19.0 Å². The summed E-state index contributed by atoms with van der Waals surface area (Å²) >= 11 is 0. The van der Waals surface area contributed by atoms with Crippen molar-refractivity contribution in [3.05, 3.63) is 59.9 Å². The van der Waals surface area contributed by atoms with E-state index >= 15 is 4.39 Å². The van der Waals surface area contributed by atoms with E-state index < -0.39 is 5.60 Å². The Hall–Kier alpha value is -2.48. The minimum Gasteiger partial charge on any atom is -0.385 e. The summed E-state index contributed by atoms with van der Waals surface area (Å²) in [5.41, 5.74) is 6.54. The third-order valence-electron chi connectivity index (χ3n) is 7.56. The van der Waals surface area contributed by atoms with E-state index in [0.717, 1.165) is 37.7 Å². The number of likely N-dealkylation sites (tertiary alicyclic amines) is 2. The Bertz CT molecular complexity index is 989. The molecule has 0 spiro atoms. The number of methoxy groups -OCH3 is 1. The molecule has 2 fully saturated rings. The predicted octanol–water partition coefficient (Wildman–Crippen LogP) is 4.36. The molecule has 0 saturated carbocycles. The van der Waals surface area contributed by atoms with Crippen LogP contribution in [0.15, 0.2) is 48.5 Å². The van der Waals surface area contributed by atoms with E-state index in [2.05, 4.69) is 0 Å². The Morgan fingerprint density at radius 3 is 2.57 bits per heavy atom. The molecule has 3 N–H and O–H groups in total. The molecule has 7 heteroatoms. The van der Waals surface area contributed by atoms with Gasteiger partial charge in [-0.1, -0.05) is 42.5 Å². The van der Waals surface area contributed by atoms with Crippen molar-refractivity contribution in [3.8, 4) is 11.1 Å². The fourth-order valence-corrected chi connectivity index (χ4v) is 5.68. The first kappa shape index (κ1) is 25.6. The lowest BCUT2D eigenvalue weighted by molar-refractivity contribution is -0.0572. The number of hydrogen-bond donors (Lipinski definition) is 2. The second-order valence-corrected chi connectivity index (χ2v) is 9.97. The van der Waals surface area contributed by atoms with Gasteiger partial charge in [-0.25, -0.2) is 9.18 Å². The van der Waals surface area contributed by atoms with Gasteiger partial charge in [0.1, 0.15) is 5.82 Å². The highest BCUT2D eigenvalue weighted by atomic mass is 19.1. The standard InChI is InChI=1S/C28H38FN3O3/c1-35-18-6-5-15-28(34,24-12-7-13-25(29)26(24)21-9-3-2-4-10-21)22-11-8-16-31(19-22)27(33)32-17-14-23(30)20-32/h2-4,7,9-10,12-13,22-23,34H,5-6,8,11,14-20,30H2,1H3. The van der Waals surface area contributed by atoms with Crippen LogP contribution in [-0.4, -0.2) is 66.9 Å². The van der Waals surface area contributed by atoms with Crippen LogP contribution in [0.25, 0.3) is 11.1 Å². The number of carbonyl (C=O) groups excluding carboxylic acids is 1. The summed E-state index contributed by atoms with van der Waals surface area (Å²) in [6.45, 7) is 2.95. The van der Waals surface area contributed by atoms with Gasteiger partial charge >= 0.3 is 6.03 Å². The van der Waals surface area contributed by atoms with E-state index in [4.69, 9.17) is 10.5 Å². The molecule has 2 saturated heterocycles. The zero-order chi connectivity index (χ0) is 24.8. The molecule has 2 aliphatic rings. The van der Waals surface area contributed by atoms with Gasteiger partial charge in [0, 0.05) is 57.4 Å². The highest BCUT2D eigenvalue weighted by Gasteiger charge is 2.43. The molecule has 2 aromatic rings. The minimum absolute atomic E-state index is 0.00749. The minimum atomic E-state index is -1.28. The van der Waals surface area contributed by atoms with Gasteiger partial charge in [-0.2, -0.15) is 0 Å². The van der Waals surface area contributed by atoms with Gasteiger partial charge in [0.25, 0.3) is 0 Å². The molecule has 0 bridgehead atoms. The quantitative estimate of drug-likeness (QED) is 0.547. The van der Waals surface area contributed by atoms with Crippen molar-refractivity contribution in [2.75, 3.05) is 39.9 Å². The maximum absolute atomic E-state index is 15.3. The molecule has 190 valence electrons. The Morgan fingerprint density at radius 1 is 1.09 bits per heavy atom. The molecule has 3 unspecified atom stereocenters. The van der Waals surface area contributed by atoms with E-state index in [0.29, 0.717) is 50.3 Å². The van der Waals surface area contributed by atoms with Crippen LogP contribution in [0.2, 0.25) is 0 Å². The van der Waals surface area contributed by atoms with Crippen LogP contribution in [-0.2, 0) is 10.3 Å². The van der Waals surface area contributed by atoms with E-state index in [-0.39, 0.29) is 23.8 Å². The number of ether oxygens (including phenoxy) is 1. The average molecular weight is 484 g/mol. The monoisotopic (exact) mass is 483 g/mol. The summed E-state index contributed by atoms with van der Waals surface area (Å²) < 4.78 is 20.5. The lowest BCUT2D eigenvalue weighted by Gasteiger charge is -2.44. The number of benzene rings is 2. The molecule has 4 rings (SSSR count). The molecule has 2 aliphatic heterocycles. The summed E-state index contributed by atoms with van der Waals surface area (Å²) in [6.07, 6.45) is 4.40. The Labute approximate surface area is 207 Å². The molecule has 2 heterocycles. The van der Waals surface area contributed by atoms with E-state index in [1.807, 2.05) is 46.2 Å². The molecule has 35 heavy (non-hydrogen) atoms. The van der Waals surface area contributed by atoms with Crippen LogP contribution in [0.5, 0.6) is 0 Å². The zero-order valence-electron chi connectivity index (χ0n) is 20.7. The second kappa shape index (κ2) is 11.5. The van der Waals surface area contributed by atoms with Crippen LogP contribution in [0.4, 0.5) is 9.18 Å². The number of aliphatic hydroxyl groups is 1. The van der Waals surface area contributed by atoms with E-state index in [1.165, 1.54) is 6.07 Å². The molecule has 2 amide bonds. The van der Waals surface area contributed by atoms with Crippen LogP contribution in [0, 0.1) is 11.7 Å². The highest BCUT2D eigenvalue weighted by molar-refractivity contribution is 5.75. The summed E-state index contributed by atoms with van der Waals surface area (Å²) in [4.78, 5) is 16.9. The Balaban J connectivity index is 1.67. The third-order valence-corrected chi connectivity index (χ3v) is 7.56. The molecular weight excluding hydrogens is 445 g/mol. The first-order chi connectivity index (χ1) is 16.9. The first-order valence-corrected chi connectivity index (χ1v) is 12.8. The van der Waals surface area contributed by atoms with Crippen molar-refractivity contribution >= 4 is 6.03 Å².